The molecule has 2 aliphatic heterocycles. The third-order valence-corrected chi connectivity index (χ3v) is 6.49. The number of hydrogen-bond acceptors (Lipinski definition) is 6. The summed E-state index contributed by atoms with van der Waals surface area (Å²) in [6.45, 7) is 9.91. The first-order valence-electron chi connectivity index (χ1n) is 12.5. The van der Waals surface area contributed by atoms with E-state index in [1.54, 1.807) is 6.07 Å². The van der Waals surface area contributed by atoms with Gasteiger partial charge in [-0.2, -0.15) is 0 Å². The Morgan fingerprint density at radius 1 is 1.27 bits per heavy atom. The molecular formula is C24H38N2O4. The van der Waals surface area contributed by atoms with E-state index < -0.39 is 13.1 Å². The number of nitrogens with two attached hydrogens (primary N) is 1. The van der Waals surface area contributed by atoms with Crippen LogP contribution in [-0.4, -0.2) is 50.3 Å². The maximum absolute atomic E-state index is 12.7. The van der Waals surface area contributed by atoms with E-state index >= 15 is 0 Å². The minimum Gasteiger partial charge on any atom is -0.493 e. The molecule has 168 valence electrons. The van der Waals surface area contributed by atoms with E-state index in [0.717, 1.165) is 37.1 Å². The largest absolute Gasteiger partial charge is 0.493 e. The van der Waals surface area contributed by atoms with Crippen LogP contribution in [0.25, 0.3) is 0 Å². The van der Waals surface area contributed by atoms with Gasteiger partial charge in [-0.1, -0.05) is 27.7 Å². The van der Waals surface area contributed by atoms with E-state index in [2.05, 4.69) is 18.7 Å². The summed E-state index contributed by atoms with van der Waals surface area (Å²) in [5.74, 6) is 1.02. The predicted octanol–water partition coefficient (Wildman–Crippen LogP) is 3.56. The molecule has 1 aromatic rings. The fourth-order valence-corrected chi connectivity index (χ4v) is 4.80. The van der Waals surface area contributed by atoms with Crippen molar-refractivity contribution in [2.75, 3.05) is 27.2 Å². The van der Waals surface area contributed by atoms with Gasteiger partial charge in [-0.15, -0.1) is 0 Å². The first kappa shape index (κ1) is 18.9. The van der Waals surface area contributed by atoms with Gasteiger partial charge >= 0.3 is 5.97 Å². The van der Waals surface area contributed by atoms with Crippen LogP contribution in [0.1, 0.15) is 61.8 Å². The van der Waals surface area contributed by atoms with Gasteiger partial charge in [0.15, 0.2) is 11.5 Å². The topological polar surface area (TPSA) is 74.0 Å². The molecule has 2 heterocycles. The molecule has 6 nitrogen and oxygen atoms in total. The molecule has 0 radical (unpaired) electrons. The summed E-state index contributed by atoms with van der Waals surface area (Å²) in [4.78, 5) is 15.2. The SMILES string of the molecule is [2H]C([2H])([2H])Oc1cc2c(cc1OC)C1CC(OC(=O)[C@@H](N)C(C)C)C(CC(C)C)CN1CC2. The van der Waals surface area contributed by atoms with Crippen molar-refractivity contribution in [1.82, 2.24) is 4.90 Å². The van der Waals surface area contributed by atoms with E-state index in [1.165, 1.54) is 7.11 Å². The average Bonchev–Trinajstić information content (AvgIpc) is 2.71. The highest BCUT2D eigenvalue weighted by Crippen LogP contribution is 2.44. The molecule has 1 fully saturated rings. The lowest BCUT2D eigenvalue weighted by molar-refractivity contribution is -0.160. The van der Waals surface area contributed by atoms with Crippen molar-refractivity contribution in [3.05, 3.63) is 23.3 Å². The van der Waals surface area contributed by atoms with E-state index in [4.69, 9.17) is 24.1 Å². The molecule has 0 spiro atoms. The van der Waals surface area contributed by atoms with Crippen LogP contribution in [-0.2, 0) is 16.0 Å². The summed E-state index contributed by atoms with van der Waals surface area (Å²) in [5, 5.41) is 0. The molecule has 30 heavy (non-hydrogen) atoms. The predicted molar refractivity (Wildman–Crippen MR) is 118 cm³/mol. The second-order valence-electron chi connectivity index (χ2n) is 9.44. The summed E-state index contributed by atoms with van der Waals surface area (Å²) in [6, 6.07) is 3.09. The Kier molecular flexibility index (Phi) is 6.04. The highest BCUT2D eigenvalue weighted by Gasteiger charge is 2.41. The molecule has 0 saturated carbocycles. The maximum Gasteiger partial charge on any atom is 0.323 e. The fourth-order valence-electron chi connectivity index (χ4n) is 4.80. The van der Waals surface area contributed by atoms with Gasteiger partial charge in [0.25, 0.3) is 0 Å². The third kappa shape index (κ3) is 4.75. The van der Waals surface area contributed by atoms with Crippen LogP contribution in [0.2, 0.25) is 0 Å². The molecule has 0 bridgehead atoms. The van der Waals surface area contributed by atoms with Gasteiger partial charge in [0.05, 0.1) is 18.3 Å². The summed E-state index contributed by atoms with van der Waals surface area (Å²) < 4.78 is 39.0. The molecule has 4 atom stereocenters. The number of benzene rings is 1. The number of fused-ring (bicyclic) bond motifs is 3. The number of rotatable bonds is 7. The zero-order valence-electron chi connectivity index (χ0n) is 21.8. The van der Waals surface area contributed by atoms with Crippen molar-refractivity contribution in [1.29, 1.82) is 0 Å². The molecule has 0 amide bonds. The van der Waals surface area contributed by atoms with Crippen LogP contribution in [0.15, 0.2) is 12.1 Å². The van der Waals surface area contributed by atoms with Crippen molar-refractivity contribution in [2.45, 2.75) is 65.1 Å². The molecule has 1 aromatic carbocycles. The third-order valence-electron chi connectivity index (χ3n) is 6.49. The minimum absolute atomic E-state index is 0.0115. The molecule has 3 unspecified atom stereocenters. The average molecular weight is 422 g/mol. The number of carbonyl (C=O) groups excluding carboxylic acids is 1. The minimum atomic E-state index is -2.55. The van der Waals surface area contributed by atoms with Crippen LogP contribution < -0.4 is 15.2 Å². The van der Waals surface area contributed by atoms with Crippen molar-refractivity contribution in [2.24, 2.45) is 23.5 Å². The normalized spacial score (nSPS) is 26.8. The molecular weight excluding hydrogens is 380 g/mol. The summed E-state index contributed by atoms with van der Waals surface area (Å²) in [7, 11) is -1.04. The Balaban J connectivity index is 1.90. The van der Waals surface area contributed by atoms with Crippen LogP contribution in [0.5, 0.6) is 11.5 Å². The second kappa shape index (κ2) is 9.56. The van der Waals surface area contributed by atoms with Gasteiger partial charge in [0.1, 0.15) is 12.1 Å². The number of ether oxygens (including phenoxy) is 3. The van der Waals surface area contributed by atoms with Crippen LogP contribution >= 0.6 is 0 Å². The number of piperidine rings is 1. The monoisotopic (exact) mass is 421 g/mol. The Bertz CT molecular complexity index is 844. The van der Waals surface area contributed by atoms with Gasteiger partial charge in [-0.05, 0) is 47.9 Å². The zero-order valence-corrected chi connectivity index (χ0v) is 18.8. The van der Waals surface area contributed by atoms with E-state index in [1.807, 2.05) is 19.9 Å². The van der Waals surface area contributed by atoms with E-state index in [9.17, 15) is 4.79 Å². The Hall–Kier alpha value is -1.79. The standard InChI is InChI=1S/C24H38N2O4/c1-14(2)9-17-13-26-8-7-16-10-21(28-5)22(29-6)11-18(16)19(26)12-20(17)30-24(27)23(25)15(3)4/h10-11,14-15,17,19-20,23H,7-9,12-13,25H2,1-6H3/t17?,19?,20?,23-/m0/s1/i5D3. The molecule has 1 saturated heterocycles. The summed E-state index contributed by atoms with van der Waals surface area (Å²) in [5.41, 5.74) is 8.20. The Morgan fingerprint density at radius 3 is 2.63 bits per heavy atom. The summed E-state index contributed by atoms with van der Waals surface area (Å²) in [6.07, 6.45) is 2.22. The van der Waals surface area contributed by atoms with Crippen molar-refractivity contribution in [3.63, 3.8) is 0 Å². The highest BCUT2D eigenvalue weighted by atomic mass is 16.5. The molecule has 0 aromatic heterocycles. The number of hydrogen-bond donors (Lipinski definition) is 1. The van der Waals surface area contributed by atoms with Crippen LogP contribution in [0, 0.1) is 17.8 Å². The second-order valence-corrected chi connectivity index (χ2v) is 9.44. The highest BCUT2D eigenvalue weighted by molar-refractivity contribution is 5.76. The number of carbonyl (C=O) groups is 1. The number of methoxy groups -OCH3 is 2. The zero-order chi connectivity index (χ0) is 24.5. The van der Waals surface area contributed by atoms with Gasteiger partial charge < -0.3 is 19.9 Å². The molecule has 2 aliphatic rings. The molecule has 3 rings (SSSR count). The Labute approximate surface area is 185 Å². The van der Waals surface area contributed by atoms with Crippen molar-refractivity contribution < 1.29 is 23.1 Å². The van der Waals surface area contributed by atoms with Crippen LogP contribution in [0.3, 0.4) is 0 Å². The lowest BCUT2D eigenvalue weighted by atomic mass is 9.79. The van der Waals surface area contributed by atoms with E-state index in [-0.39, 0.29) is 35.7 Å². The van der Waals surface area contributed by atoms with Gasteiger partial charge in [-0.3, -0.25) is 9.69 Å². The smallest absolute Gasteiger partial charge is 0.323 e. The number of nitrogens with zero attached hydrogens (tertiary/aromatic N) is 1. The lowest BCUT2D eigenvalue weighted by Gasteiger charge is -2.47. The molecule has 0 aliphatic carbocycles. The first-order valence-corrected chi connectivity index (χ1v) is 11.0. The van der Waals surface area contributed by atoms with Gasteiger partial charge in [0.2, 0.25) is 0 Å². The number of esters is 1. The van der Waals surface area contributed by atoms with Crippen molar-refractivity contribution >= 4 is 5.97 Å². The first-order chi connectivity index (χ1) is 15.4. The van der Waals surface area contributed by atoms with Gasteiger partial charge in [0, 0.05) is 31.5 Å². The van der Waals surface area contributed by atoms with Crippen LogP contribution in [0.4, 0.5) is 0 Å². The fraction of sp³-hybridized carbons (Fsp3) is 0.708. The Morgan fingerprint density at radius 2 is 2.00 bits per heavy atom. The lowest BCUT2D eigenvalue weighted by Crippen LogP contribution is -2.51. The summed E-state index contributed by atoms with van der Waals surface area (Å²) >= 11 is 0. The molecule has 2 N–H and O–H groups in total. The van der Waals surface area contributed by atoms with Gasteiger partial charge in [-0.25, -0.2) is 0 Å². The quantitative estimate of drug-likeness (QED) is 0.679. The molecule has 6 heteroatoms. The maximum atomic E-state index is 12.7. The van der Waals surface area contributed by atoms with E-state index in [0.29, 0.717) is 18.1 Å². The van der Waals surface area contributed by atoms with Crippen molar-refractivity contribution in [3.8, 4) is 11.5 Å².